The van der Waals surface area contributed by atoms with E-state index >= 15 is 0 Å². The van der Waals surface area contributed by atoms with E-state index in [0.717, 1.165) is 0 Å². The highest BCUT2D eigenvalue weighted by molar-refractivity contribution is 5.36. The van der Waals surface area contributed by atoms with E-state index in [9.17, 15) is 25.4 Å². The van der Waals surface area contributed by atoms with E-state index in [1.807, 2.05) is 0 Å². The Bertz CT molecular complexity index is 449. The summed E-state index contributed by atoms with van der Waals surface area (Å²) in [6.45, 7) is -0.171. The van der Waals surface area contributed by atoms with Gasteiger partial charge in [0.05, 0.1) is 11.5 Å². The lowest BCUT2D eigenvalue weighted by molar-refractivity contribution is -0.384. The normalized spacial score (nSPS) is 30.9. The molecule has 0 radical (unpaired) electrons. The van der Waals surface area contributed by atoms with Crippen molar-refractivity contribution in [2.45, 2.75) is 24.6 Å². The minimum atomic E-state index is -1.40. The minimum Gasteiger partial charge on any atom is -0.462 e. The molecule has 8 nitrogen and oxygen atoms in total. The molecule has 1 aromatic rings. The van der Waals surface area contributed by atoms with Gasteiger partial charge >= 0.3 is 0 Å². The molecular formula is C11H13NO7. The van der Waals surface area contributed by atoms with Gasteiger partial charge in [-0.1, -0.05) is 0 Å². The topological polar surface area (TPSA) is 122 Å². The fourth-order valence-corrected chi connectivity index (χ4v) is 1.66. The van der Waals surface area contributed by atoms with Crippen molar-refractivity contribution in [1.82, 2.24) is 0 Å². The van der Waals surface area contributed by atoms with Gasteiger partial charge < -0.3 is 24.8 Å². The molecule has 3 N–H and O–H groups in total. The van der Waals surface area contributed by atoms with Gasteiger partial charge in [-0.2, -0.15) is 0 Å². The zero-order valence-corrected chi connectivity index (χ0v) is 9.75. The molecule has 1 aliphatic rings. The Balaban J connectivity index is 2.03. The molecule has 1 saturated heterocycles. The first-order valence-electron chi connectivity index (χ1n) is 5.56. The summed E-state index contributed by atoms with van der Waals surface area (Å²) in [7, 11) is 0. The second kappa shape index (κ2) is 5.49. The Morgan fingerprint density at radius 1 is 1.21 bits per heavy atom. The molecular weight excluding hydrogens is 258 g/mol. The SMILES string of the molecule is O=[N+]([O-])c1ccc(O[C@H]2OC[C@H](O)[C@H](O)[C@@H]2O)cc1. The number of hydrogen-bond acceptors (Lipinski definition) is 7. The molecule has 0 aliphatic carbocycles. The molecule has 0 spiro atoms. The highest BCUT2D eigenvalue weighted by atomic mass is 16.7. The number of aliphatic hydroxyl groups excluding tert-OH is 3. The van der Waals surface area contributed by atoms with Gasteiger partial charge in [-0.25, -0.2) is 0 Å². The van der Waals surface area contributed by atoms with Crippen molar-refractivity contribution in [3.05, 3.63) is 34.4 Å². The Hall–Kier alpha value is -1.74. The number of nitro groups is 1. The van der Waals surface area contributed by atoms with Crippen LogP contribution in [0.25, 0.3) is 0 Å². The van der Waals surface area contributed by atoms with Gasteiger partial charge in [-0.3, -0.25) is 10.1 Å². The van der Waals surface area contributed by atoms with Crippen LogP contribution < -0.4 is 4.74 Å². The van der Waals surface area contributed by atoms with Crippen LogP contribution >= 0.6 is 0 Å². The molecule has 2 rings (SSSR count). The Morgan fingerprint density at radius 3 is 2.42 bits per heavy atom. The van der Waals surface area contributed by atoms with Crippen LogP contribution in [0.3, 0.4) is 0 Å². The van der Waals surface area contributed by atoms with Crippen molar-refractivity contribution in [2.24, 2.45) is 0 Å². The first kappa shape index (κ1) is 13.7. The summed E-state index contributed by atoms with van der Waals surface area (Å²) in [6.07, 6.45) is -5.08. The molecule has 4 atom stereocenters. The van der Waals surface area contributed by atoms with Gasteiger partial charge in [0, 0.05) is 12.1 Å². The molecule has 104 valence electrons. The van der Waals surface area contributed by atoms with Crippen LogP contribution in [0.5, 0.6) is 5.75 Å². The number of benzene rings is 1. The molecule has 8 heteroatoms. The van der Waals surface area contributed by atoms with Crippen molar-refractivity contribution in [1.29, 1.82) is 0 Å². The number of aliphatic hydroxyl groups is 3. The Morgan fingerprint density at radius 2 is 1.84 bits per heavy atom. The standard InChI is InChI=1S/C11H13NO7/c13-8-5-18-11(10(15)9(8)14)19-7-3-1-6(2-4-7)12(16)17/h1-4,8-11,13-15H,5H2/t8-,9-,10-,11+/m0/s1. The summed E-state index contributed by atoms with van der Waals surface area (Å²) in [5, 5.41) is 38.8. The third-order valence-electron chi connectivity index (χ3n) is 2.75. The molecule has 1 fully saturated rings. The highest BCUT2D eigenvalue weighted by Gasteiger charge is 2.38. The fraction of sp³-hybridized carbons (Fsp3) is 0.455. The van der Waals surface area contributed by atoms with Crippen LogP contribution in [0.4, 0.5) is 5.69 Å². The first-order chi connectivity index (χ1) is 8.99. The number of ether oxygens (including phenoxy) is 2. The van der Waals surface area contributed by atoms with Gasteiger partial charge in [0.25, 0.3) is 5.69 Å². The highest BCUT2D eigenvalue weighted by Crippen LogP contribution is 2.22. The lowest BCUT2D eigenvalue weighted by Crippen LogP contribution is -2.54. The van der Waals surface area contributed by atoms with E-state index in [1.165, 1.54) is 24.3 Å². The zero-order valence-electron chi connectivity index (χ0n) is 9.75. The summed E-state index contributed by atoms with van der Waals surface area (Å²) in [4.78, 5) is 9.93. The smallest absolute Gasteiger partial charge is 0.269 e. The third-order valence-corrected chi connectivity index (χ3v) is 2.75. The van der Waals surface area contributed by atoms with Crippen LogP contribution in [-0.4, -0.2) is 51.5 Å². The molecule has 0 unspecified atom stereocenters. The van der Waals surface area contributed by atoms with E-state index in [-0.39, 0.29) is 18.0 Å². The van der Waals surface area contributed by atoms with E-state index in [1.54, 1.807) is 0 Å². The maximum Gasteiger partial charge on any atom is 0.269 e. The predicted molar refractivity (Wildman–Crippen MR) is 61.5 cm³/mol. The van der Waals surface area contributed by atoms with Gasteiger partial charge in [0.2, 0.25) is 6.29 Å². The third kappa shape index (κ3) is 2.99. The number of non-ortho nitro benzene ring substituents is 1. The van der Waals surface area contributed by atoms with E-state index in [4.69, 9.17) is 9.47 Å². The molecule has 0 amide bonds. The van der Waals surface area contributed by atoms with E-state index in [0.29, 0.717) is 0 Å². The lowest BCUT2D eigenvalue weighted by atomic mass is 10.1. The van der Waals surface area contributed by atoms with Crippen molar-refractivity contribution in [2.75, 3.05) is 6.61 Å². The van der Waals surface area contributed by atoms with Crippen molar-refractivity contribution in [3.8, 4) is 5.75 Å². The van der Waals surface area contributed by atoms with Gasteiger partial charge in [0.15, 0.2) is 0 Å². The Labute approximate surface area is 108 Å². The second-order valence-electron chi connectivity index (χ2n) is 4.12. The fourth-order valence-electron chi connectivity index (χ4n) is 1.66. The lowest BCUT2D eigenvalue weighted by Gasteiger charge is -2.34. The van der Waals surface area contributed by atoms with Crippen molar-refractivity contribution < 1.29 is 29.7 Å². The van der Waals surface area contributed by atoms with Crippen molar-refractivity contribution in [3.63, 3.8) is 0 Å². The van der Waals surface area contributed by atoms with Crippen LogP contribution in [0.1, 0.15) is 0 Å². The molecule has 0 aromatic heterocycles. The largest absolute Gasteiger partial charge is 0.462 e. The van der Waals surface area contributed by atoms with E-state index in [2.05, 4.69) is 0 Å². The maximum atomic E-state index is 10.5. The number of hydrogen-bond donors (Lipinski definition) is 3. The average molecular weight is 271 g/mol. The monoisotopic (exact) mass is 271 g/mol. The van der Waals surface area contributed by atoms with Gasteiger partial charge in [0.1, 0.15) is 24.1 Å². The molecule has 1 aliphatic heterocycles. The van der Waals surface area contributed by atoms with Crippen LogP contribution in [0.15, 0.2) is 24.3 Å². The quantitative estimate of drug-likeness (QED) is 0.496. The van der Waals surface area contributed by atoms with Crippen LogP contribution in [0, 0.1) is 10.1 Å². The number of nitro benzene ring substituents is 1. The van der Waals surface area contributed by atoms with Gasteiger partial charge in [-0.15, -0.1) is 0 Å². The van der Waals surface area contributed by atoms with Crippen LogP contribution in [0.2, 0.25) is 0 Å². The predicted octanol–water partition coefficient (Wildman–Crippen LogP) is -0.587. The zero-order chi connectivity index (χ0) is 14.0. The maximum absolute atomic E-state index is 10.5. The molecule has 19 heavy (non-hydrogen) atoms. The second-order valence-corrected chi connectivity index (χ2v) is 4.12. The van der Waals surface area contributed by atoms with E-state index < -0.39 is 29.5 Å². The summed E-state index contributed by atoms with van der Waals surface area (Å²) in [5.74, 6) is 0.248. The summed E-state index contributed by atoms with van der Waals surface area (Å²) < 4.78 is 10.3. The number of nitrogens with zero attached hydrogens (tertiary/aromatic N) is 1. The van der Waals surface area contributed by atoms with Crippen molar-refractivity contribution >= 4 is 5.69 Å². The Kier molecular flexibility index (Phi) is 3.96. The molecule has 1 aromatic carbocycles. The van der Waals surface area contributed by atoms with Gasteiger partial charge in [-0.05, 0) is 12.1 Å². The summed E-state index contributed by atoms with van der Waals surface area (Å²) in [5.41, 5.74) is -0.0899. The first-order valence-corrected chi connectivity index (χ1v) is 5.56. The van der Waals surface area contributed by atoms with Crippen LogP contribution in [-0.2, 0) is 4.74 Å². The average Bonchev–Trinajstić information content (AvgIpc) is 2.40. The molecule has 0 saturated carbocycles. The minimum absolute atomic E-state index is 0.0899. The molecule has 1 heterocycles. The number of rotatable bonds is 3. The summed E-state index contributed by atoms with van der Waals surface area (Å²) >= 11 is 0. The summed E-state index contributed by atoms with van der Waals surface area (Å²) in [6, 6.07) is 5.20. The molecule has 0 bridgehead atoms.